The van der Waals surface area contributed by atoms with E-state index in [1.165, 1.54) is 29.6 Å². The van der Waals surface area contributed by atoms with Crippen LogP contribution in [0.25, 0.3) is 10.8 Å². The van der Waals surface area contributed by atoms with Crippen LogP contribution >= 0.6 is 0 Å². The summed E-state index contributed by atoms with van der Waals surface area (Å²) in [5, 5.41) is 22.7. The summed E-state index contributed by atoms with van der Waals surface area (Å²) in [6, 6.07) is 9.77. The maximum atomic E-state index is 13.8. The molecule has 0 heterocycles. The minimum Gasteiger partial charge on any atom is -0.463 e. The van der Waals surface area contributed by atoms with Crippen LogP contribution in [0.5, 0.6) is 0 Å². The Bertz CT molecular complexity index is 2160. The SMILES string of the molecule is CCC1=CC2=CCCC(C(=O)OCC(O)COC(=O)c3ccc4cc(C(=O)OCC(O)COC(=O)C5(C)CCC[C@@]6(C)C5CC=C(/C=C/C(C)C)[C@@H]6CC)ccc4c3)CCC[C@H](C)[C@H]2CC1. The maximum absolute atomic E-state index is 13.8. The molecule has 6 rings (SSSR count). The molecule has 66 heavy (non-hydrogen) atoms. The molecule has 2 aromatic carbocycles. The van der Waals surface area contributed by atoms with Crippen LogP contribution in [0, 0.1) is 46.3 Å². The van der Waals surface area contributed by atoms with Crippen molar-refractivity contribution in [1.82, 2.24) is 0 Å². The Labute approximate surface area is 393 Å². The number of rotatable bonds is 16. The van der Waals surface area contributed by atoms with Gasteiger partial charge in [0.05, 0.1) is 22.5 Å². The normalized spacial score (nSPS) is 27.9. The molecular weight excluding hydrogens is 833 g/mol. The Morgan fingerprint density at radius 3 is 2.05 bits per heavy atom. The minimum absolute atomic E-state index is 0.0460. The van der Waals surface area contributed by atoms with Gasteiger partial charge in [-0.2, -0.15) is 0 Å². The highest BCUT2D eigenvalue weighted by molar-refractivity contribution is 5.99. The molecule has 4 aliphatic carbocycles. The first-order valence-corrected chi connectivity index (χ1v) is 24.9. The van der Waals surface area contributed by atoms with Crippen LogP contribution in [-0.4, -0.2) is 72.7 Å². The topological polar surface area (TPSA) is 146 Å². The van der Waals surface area contributed by atoms with Crippen LogP contribution in [-0.2, 0) is 28.5 Å². The first kappa shape index (κ1) is 50.9. The molecule has 4 aliphatic rings. The lowest BCUT2D eigenvalue weighted by atomic mass is 9.47. The van der Waals surface area contributed by atoms with Gasteiger partial charge in [-0.05, 0) is 152 Å². The number of aliphatic hydroxyl groups is 2. The summed E-state index contributed by atoms with van der Waals surface area (Å²) in [6.45, 7) is 14.2. The molecule has 0 radical (unpaired) electrons. The molecule has 10 nitrogen and oxygen atoms in total. The minimum atomic E-state index is -1.20. The number of carbonyl (C=O) groups excluding carboxylic acids is 4. The molecule has 10 heteroatoms. The van der Waals surface area contributed by atoms with Crippen molar-refractivity contribution in [3.8, 4) is 0 Å². The summed E-state index contributed by atoms with van der Waals surface area (Å²) in [7, 11) is 0. The van der Waals surface area contributed by atoms with Crippen molar-refractivity contribution in [3.63, 3.8) is 0 Å². The van der Waals surface area contributed by atoms with Gasteiger partial charge in [-0.25, -0.2) is 9.59 Å². The van der Waals surface area contributed by atoms with Crippen LogP contribution in [0.2, 0.25) is 0 Å². The molecule has 0 aliphatic heterocycles. The third-order valence-corrected chi connectivity index (χ3v) is 15.4. The fourth-order valence-corrected chi connectivity index (χ4v) is 11.6. The van der Waals surface area contributed by atoms with Gasteiger partial charge in [-0.1, -0.05) is 109 Å². The van der Waals surface area contributed by atoms with Crippen molar-refractivity contribution in [1.29, 1.82) is 0 Å². The van der Waals surface area contributed by atoms with E-state index in [1.807, 2.05) is 6.92 Å². The molecule has 5 unspecified atom stereocenters. The van der Waals surface area contributed by atoms with Crippen molar-refractivity contribution in [2.75, 3.05) is 26.4 Å². The fourth-order valence-electron chi connectivity index (χ4n) is 11.6. The molecule has 2 aromatic rings. The van der Waals surface area contributed by atoms with Crippen LogP contribution in [0.1, 0.15) is 153 Å². The number of esters is 4. The van der Waals surface area contributed by atoms with E-state index in [9.17, 15) is 29.4 Å². The highest BCUT2D eigenvalue weighted by atomic mass is 16.6. The number of fused-ring (bicyclic) bond motifs is 3. The lowest BCUT2D eigenvalue weighted by Gasteiger charge is -2.56. The van der Waals surface area contributed by atoms with Crippen LogP contribution in [0.15, 0.2) is 83.5 Å². The van der Waals surface area contributed by atoms with Crippen molar-refractivity contribution < 1.29 is 48.3 Å². The van der Waals surface area contributed by atoms with E-state index in [1.54, 1.807) is 36.4 Å². The summed E-state index contributed by atoms with van der Waals surface area (Å²) < 4.78 is 22.1. The van der Waals surface area contributed by atoms with Gasteiger partial charge in [0.1, 0.15) is 38.6 Å². The van der Waals surface area contributed by atoms with Gasteiger partial charge in [0.15, 0.2) is 0 Å². The third kappa shape index (κ3) is 12.3. The van der Waals surface area contributed by atoms with Gasteiger partial charge < -0.3 is 29.2 Å². The number of ether oxygens (including phenoxy) is 4. The third-order valence-electron chi connectivity index (χ3n) is 15.4. The van der Waals surface area contributed by atoms with E-state index in [0.29, 0.717) is 40.9 Å². The molecule has 2 N–H and O–H groups in total. The lowest BCUT2D eigenvalue weighted by molar-refractivity contribution is -0.172. The molecule has 9 atom stereocenters. The number of hydrogen-bond donors (Lipinski definition) is 2. The van der Waals surface area contributed by atoms with Crippen molar-refractivity contribution >= 4 is 34.6 Å². The second-order valence-corrected chi connectivity index (χ2v) is 20.5. The molecule has 0 bridgehead atoms. The van der Waals surface area contributed by atoms with E-state index in [4.69, 9.17) is 18.9 Å². The van der Waals surface area contributed by atoms with Gasteiger partial charge in [0.2, 0.25) is 0 Å². The van der Waals surface area contributed by atoms with Gasteiger partial charge in [-0.15, -0.1) is 0 Å². The van der Waals surface area contributed by atoms with Crippen LogP contribution in [0.4, 0.5) is 0 Å². The van der Waals surface area contributed by atoms with Gasteiger partial charge in [0, 0.05) is 0 Å². The van der Waals surface area contributed by atoms with E-state index >= 15 is 0 Å². The molecule has 0 aromatic heterocycles. The zero-order valence-corrected chi connectivity index (χ0v) is 40.7. The predicted molar refractivity (Wildman–Crippen MR) is 257 cm³/mol. The van der Waals surface area contributed by atoms with Crippen LogP contribution < -0.4 is 0 Å². The zero-order chi connectivity index (χ0) is 47.6. The van der Waals surface area contributed by atoms with Crippen molar-refractivity contribution in [2.45, 2.75) is 144 Å². The first-order valence-electron chi connectivity index (χ1n) is 24.9. The largest absolute Gasteiger partial charge is 0.463 e. The van der Waals surface area contributed by atoms with E-state index in [2.05, 4.69) is 71.9 Å². The van der Waals surface area contributed by atoms with E-state index < -0.39 is 29.6 Å². The highest BCUT2D eigenvalue weighted by Crippen LogP contribution is 2.61. The number of hydrogen-bond acceptors (Lipinski definition) is 10. The zero-order valence-electron chi connectivity index (χ0n) is 40.7. The van der Waals surface area contributed by atoms with Gasteiger partial charge >= 0.3 is 23.9 Å². The van der Waals surface area contributed by atoms with Crippen molar-refractivity contribution in [2.24, 2.45) is 46.3 Å². The smallest absolute Gasteiger partial charge is 0.338 e. The Morgan fingerprint density at radius 1 is 0.788 bits per heavy atom. The predicted octanol–water partition coefficient (Wildman–Crippen LogP) is 11.2. The Morgan fingerprint density at radius 2 is 1.42 bits per heavy atom. The number of aliphatic hydroxyl groups excluding tert-OH is 2. The molecular formula is C56H76O10. The van der Waals surface area contributed by atoms with Crippen molar-refractivity contribution in [3.05, 3.63) is 94.6 Å². The molecule has 0 spiro atoms. The second-order valence-electron chi connectivity index (χ2n) is 20.5. The molecule has 0 amide bonds. The standard InChI is InChI=1S/C56H76O10/c1-8-38-18-25-48-37(5)13-10-14-40(15-11-16-43(48)29-38)51(59)63-32-46(57)33-64-52(60)44-22-20-42-31-45(23-21-41(42)30-44)53(61)65-34-47(58)35-66-54(62)56(7)28-12-27-55(6)49(9-2)39(19-17-36(3)4)24-26-50(55)56/h16-17,19-24,29-31,36-37,40,46-50,57-58H,8-15,18,25-28,32-35H2,1-7H3/b19-17+,43-16?/t37-,40?,46?,47?,48+,49-,50?,55+,56?/m0/s1. The van der Waals surface area contributed by atoms with Crippen LogP contribution in [0.3, 0.4) is 0 Å². The lowest BCUT2D eigenvalue weighted by Crippen LogP contribution is -2.53. The summed E-state index contributed by atoms with van der Waals surface area (Å²) in [5.74, 6) is -0.111. The van der Waals surface area contributed by atoms with E-state index in [-0.39, 0.29) is 66.7 Å². The van der Waals surface area contributed by atoms with E-state index in [0.717, 1.165) is 64.2 Å². The Hall–Kier alpha value is -4.54. The number of carbonyl (C=O) groups is 4. The second kappa shape index (κ2) is 23.0. The maximum Gasteiger partial charge on any atom is 0.338 e. The number of benzene rings is 2. The summed E-state index contributed by atoms with van der Waals surface area (Å²) >= 11 is 0. The average molecular weight is 909 g/mol. The highest BCUT2D eigenvalue weighted by Gasteiger charge is 2.57. The summed E-state index contributed by atoms with van der Waals surface area (Å²) in [6.07, 6.45) is 21.4. The summed E-state index contributed by atoms with van der Waals surface area (Å²) in [5.41, 5.74) is 4.05. The molecule has 0 saturated heterocycles. The van der Waals surface area contributed by atoms with Gasteiger partial charge in [0.25, 0.3) is 0 Å². The molecule has 1 fully saturated rings. The van der Waals surface area contributed by atoms with Gasteiger partial charge in [-0.3, -0.25) is 9.59 Å². The number of allylic oxidation sites excluding steroid dienone is 8. The monoisotopic (exact) mass is 909 g/mol. The molecule has 360 valence electrons. The first-order chi connectivity index (χ1) is 31.6. The summed E-state index contributed by atoms with van der Waals surface area (Å²) in [4.78, 5) is 52.9. The quantitative estimate of drug-likeness (QED) is 0.123. The molecule has 1 saturated carbocycles. The fraction of sp³-hybridized carbons (Fsp3) is 0.607. The Kier molecular flexibility index (Phi) is 17.7. The average Bonchev–Trinajstić information content (AvgIpc) is 3.31. The Balaban J connectivity index is 0.938.